The summed E-state index contributed by atoms with van der Waals surface area (Å²) in [5.41, 5.74) is 0. The van der Waals surface area contributed by atoms with Gasteiger partial charge in [-0.05, 0) is 27.1 Å². The van der Waals surface area contributed by atoms with Gasteiger partial charge in [0, 0.05) is 13.5 Å². The predicted octanol–water partition coefficient (Wildman–Crippen LogP) is 0.460. The van der Waals surface area contributed by atoms with Gasteiger partial charge >= 0.3 is 0 Å². The molecule has 0 unspecified atom stereocenters. The molecule has 0 aliphatic heterocycles. The Bertz CT molecular complexity index is 86.1. The highest BCUT2D eigenvalue weighted by molar-refractivity contribution is 4.51. The van der Waals surface area contributed by atoms with Crippen LogP contribution in [0, 0.1) is 11.3 Å². The summed E-state index contributed by atoms with van der Waals surface area (Å²) in [6.07, 6.45) is 0.882. The van der Waals surface area contributed by atoms with Crippen molar-refractivity contribution in [3.63, 3.8) is 0 Å². The van der Waals surface area contributed by atoms with Crippen LogP contribution >= 0.6 is 0 Å². The van der Waals surface area contributed by atoms with Crippen molar-refractivity contribution in [2.24, 2.45) is 0 Å². The van der Waals surface area contributed by atoms with E-state index < -0.39 is 0 Å². The summed E-state index contributed by atoms with van der Waals surface area (Å²) in [6.45, 7) is 2.72. The normalized spacial score (nSPS) is 8.00. The van der Waals surface area contributed by atoms with Crippen LogP contribution in [0.1, 0.15) is 13.3 Å². The number of aliphatic hydroxyl groups excluding tert-OH is 1. The summed E-state index contributed by atoms with van der Waals surface area (Å²) < 4.78 is 0. The fourth-order valence-electron chi connectivity index (χ4n) is 0.387. The molecule has 0 saturated carbocycles. The molecule has 0 aromatic carbocycles. The lowest BCUT2D eigenvalue weighted by Crippen LogP contribution is -2.13. The first-order valence-electron chi connectivity index (χ1n) is 3.25. The third kappa shape index (κ3) is 26.2. The minimum atomic E-state index is 0.304. The minimum absolute atomic E-state index is 0.304. The quantitative estimate of drug-likeness (QED) is 0.626. The first-order valence-corrected chi connectivity index (χ1v) is 3.25. The monoisotopic (exact) mass is 144 g/mol. The van der Waals surface area contributed by atoms with Crippen molar-refractivity contribution >= 4 is 0 Å². The summed E-state index contributed by atoms with van der Waals surface area (Å²) in [5.74, 6) is 0. The largest absolute Gasteiger partial charge is 0.396 e. The lowest BCUT2D eigenvalue weighted by atomic mass is 10.4. The highest BCUT2D eigenvalue weighted by atomic mass is 16.3. The first-order chi connectivity index (χ1) is 4.68. The second-order valence-electron chi connectivity index (χ2n) is 2.10. The topological polar surface area (TPSA) is 47.3 Å². The molecule has 60 valence electrons. The Morgan fingerprint density at radius 1 is 1.50 bits per heavy atom. The number of nitriles is 1. The lowest BCUT2D eigenvalue weighted by Gasteiger charge is -2.05. The summed E-state index contributed by atoms with van der Waals surface area (Å²) in [6, 6.07) is 1.75. The number of aliphatic hydroxyl groups is 1. The van der Waals surface area contributed by atoms with Crippen LogP contribution in [0.25, 0.3) is 0 Å². The predicted molar refractivity (Wildman–Crippen MR) is 41.5 cm³/mol. The van der Waals surface area contributed by atoms with E-state index in [-0.39, 0.29) is 0 Å². The molecule has 0 heterocycles. The zero-order valence-electron chi connectivity index (χ0n) is 6.96. The van der Waals surface area contributed by atoms with Crippen molar-refractivity contribution in [1.82, 2.24) is 4.90 Å². The van der Waals surface area contributed by atoms with Crippen LogP contribution in [0.5, 0.6) is 0 Å². The zero-order valence-corrected chi connectivity index (χ0v) is 6.96. The average molecular weight is 144 g/mol. The molecule has 0 aromatic rings. The maximum absolute atomic E-state index is 8.29. The molecule has 0 aromatic heterocycles. The second-order valence-corrected chi connectivity index (χ2v) is 2.10. The molecule has 0 fully saturated rings. The standard InChI is InChI=1S/C5H13NO.C2H3N/c1-6(2)4-3-5-7;1-2-3/h7H,3-5H2,1-2H3;1H3. The SMILES string of the molecule is CC#N.CN(C)CCCO. The zero-order chi connectivity index (χ0) is 8.41. The van der Waals surface area contributed by atoms with Gasteiger partial charge in [-0.25, -0.2) is 0 Å². The molecule has 0 saturated heterocycles. The van der Waals surface area contributed by atoms with E-state index in [0.29, 0.717) is 6.61 Å². The van der Waals surface area contributed by atoms with E-state index in [9.17, 15) is 0 Å². The molecule has 3 heteroatoms. The van der Waals surface area contributed by atoms with Gasteiger partial charge in [-0.2, -0.15) is 5.26 Å². The summed E-state index contributed by atoms with van der Waals surface area (Å²) in [4.78, 5) is 2.05. The molecule has 0 radical (unpaired) electrons. The van der Waals surface area contributed by atoms with Crippen molar-refractivity contribution in [2.75, 3.05) is 27.2 Å². The fraction of sp³-hybridized carbons (Fsp3) is 0.857. The van der Waals surface area contributed by atoms with Gasteiger partial charge in [-0.1, -0.05) is 0 Å². The van der Waals surface area contributed by atoms with E-state index in [2.05, 4.69) is 4.90 Å². The van der Waals surface area contributed by atoms with Gasteiger partial charge in [0.05, 0.1) is 6.07 Å². The number of rotatable bonds is 3. The van der Waals surface area contributed by atoms with Crippen LogP contribution in [0.4, 0.5) is 0 Å². The van der Waals surface area contributed by atoms with Crippen LogP contribution in [0.2, 0.25) is 0 Å². The average Bonchev–Trinajstić information content (AvgIpc) is 1.85. The maximum atomic E-state index is 8.29. The Labute approximate surface area is 62.9 Å². The van der Waals surface area contributed by atoms with Gasteiger partial charge in [-0.3, -0.25) is 0 Å². The highest BCUT2D eigenvalue weighted by Crippen LogP contribution is 1.77. The Balaban J connectivity index is 0. The molecule has 0 aliphatic rings. The minimum Gasteiger partial charge on any atom is -0.396 e. The van der Waals surface area contributed by atoms with E-state index in [1.807, 2.05) is 14.1 Å². The molecule has 0 bridgehead atoms. The van der Waals surface area contributed by atoms with E-state index in [1.54, 1.807) is 6.07 Å². The van der Waals surface area contributed by atoms with Crippen molar-refractivity contribution in [3.05, 3.63) is 0 Å². The van der Waals surface area contributed by atoms with E-state index in [4.69, 9.17) is 10.4 Å². The highest BCUT2D eigenvalue weighted by Gasteiger charge is 1.84. The molecule has 0 atom stereocenters. The molecule has 0 rings (SSSR count). The van der Waals surface area contributed by atoms with Crippen LogP contribution in [-0.4, -0.2) is 37.3 Å². The number of nitrogens with zero attached hydrogens (tertiary/aromatic N) is 2. The Morgan fingerprint density at radius 2 is 1.90 bits per heavy atom. The van der Waals surface area contributed by atoms with Gasteiger partial charge in [0.25, 0.3) is 0 Å². The molecule has 0 amide bonds. The molecule has 0 aliphatic carbocycles. The molecular weight excluding hydrogens is 128 g/mol. The third-order valence-corrected chi connectivity index (χ3v) is 0.763. The summed E-state index contributed by atoms with van der Waals surface area (Å²) in [5, 5.41) is 15.6. The summed E-state index contributed by atoms with van der Waals surface area (Å²) >= 11 is 0. The third-order valence-electron chi connectivity index (χ3n) is 0.763. The number of hydrogen-bond acceptors (Lipinski definition) is 3. The van der Waals surface area contributed by atoms with Crippen LogP contribution < -0.4 is 0 Å². The van der Waals surface area contributed by atoms with Crippen LogP contribution in [0.3, 0.4) is 0 Å². The molecule has 0 spiro atoms. The van der Waals surface area contributed by atoms with Gasteiger partial charge in [0.2, 0.25) is 0 Å². The Kier molecular flexibility index (Phi) is 13.6. The maximum Gasteiger partial charge on any atom is 0.0587 e. The Hall–Kier alpha value is -0.590. The Morgan fingerprint density at radius 3 is 2.00 bits per heavy atom. The van der Waals surface area contributed by atoms with E-state index in [0.717, 1.165) is 13.0 Å². The lowest BCUT2D eigenvalue weighted by molar-refractivity contribution is 0.263. The van der Waals surface area contributed by atoms with Gasteiger partial charge < -0.3 is 10.0 Å². The van der Waals surface area contributed by atoms with Gasteiger partial charge in [-0.15, -0.1) is 0 Å². The van der Waals surface area contributed by atoms with Crippen molar-refractivity contribution in [2.45, 2.75) is 13.3 Å². The molecule has 3 nitrogen and oxygen atoms in total. The molecule has 1 N–H and O–H groups in total. The molecule has 10 heavy (non-hydrogen) atoms. The second kappa shape index (κ2) is 11.2. The first kappa shape index (κ1) is 12.1. The van der Waals surface area contributed by atoms with Crippen LogP contribution in [-0.2, 0) is 0 Å². The van der Waals surface area contributed by atoms with Crippen molar-refractivity contribution in [1.29, 1.82) is 5.26 Å². The van der Waals surface area contributed by atoms with Crippen molar-refractivity contribution in [3.8, 4) is 6.07 Å². The van der Waals surface area contributed by atoms with E-state index >= 15 is 0 Å². The fourth-order valence-corrected chi connectivity index (χ4v) is 0.387. The summed E-state index contributed by atoms with van der Waals surface area (Å²) in [7, 11) is 3.99. The smallest absolute Gasteiger partial charge is 0.0587 e. The van der Waals surface area contributed by atoms with Crippen LogP contribution in [0.15, 0.2) is 0 Å². The molecular formula is C7H16N2O. The van der Waals surface area contributed by atoms with Gasteiger partial charge in [0.15, 0.2) is 0 Å². The van der Waals surface area contributed by atoms with Gasteiger partial charge in [0.1, 0.15) is 0 Å². The van der Waals surface area contributed by atoms with Crippen molar-refractivity contribution < 1.29 is 5.11 Å². The number of hydrogen-bond donors (Lipinski definition) is 1. The van der Waals surface area contributed by atoms with E-state index in [1.165, 1.54) is 6.92 Å².